The van der Waals surface area contributed by atoms with Crippen LogP contribution in [0.1, 0.15) is 50.4 Å². The van der Waals surface area contributed by atoms with Gasteiger partial charge in [-0.1, -0.05) is 56.7 Å². The highest BCUT2D eigenvalue weighted by Crippen LogP contribution is 2.30. The number of aromatic hydroxyl groups is 1. The molecule has 0 amide bonds. The Bertz CT molecular complexity index is 1270. The van der Waals surface area contributed by atoms with Crippen LogP contribution in [0.5, 0.6) is 5.75 Å². The molecule has 5 rings (SSSR count). The molecule has 1 saturated heterocycles. The lowest BCUT2D eigenvalue weighted by molar-refractivity contribution is 0.281. The van der Waals surface area contributed by atoms with Gasteiger partial charge in [0.2, 0.25) is 0 Å². The van der Waals surface area contributed by atoms with Crippen LogP contribution < -0.4 is 4.90 Å². The Morgan fingerprint density at radius 1 is 0.943 bits per heavy atom. The highest BCUT2D eigenvalue weighted by molar-refractivity contribution is 5.88. The van der Waals surface area contributed by atoms with Gasteiger partial charge in [-0.15, -0.1) is 0 Å². The molecule has 1 atom stereocenters. The molecule has 2 aromatic carbocycles. The molecule has 3 heterocycles. The molecule has 1 aliphatic rings. The van der Waals surface area contributed by atoms with Gasteiger partial charge in [-0.3, -0.25) is 4.90 Å². The van der Waals surface area contributed by atoms with Crippen LogP contribution >= 0.6 is 0 Å². The van der Waals surface area contributed by atoms with Crippen molar-refractivity contribution in [2.24, 2.45) is 0 Å². The van der Waals surface area contributed by atoms with Crippen LogP contribution in [0.3, 0.4) is 0 Å². The molecule has 7 nitrogen and oxygen atoms in total. The minimum Gasteiger partial charge on any atom is -0.508 e. The van der Waals surface area contributed by atoms with E-state index in [4.69, 9.17) is 15.1 Å². The van der Waals surface area contributed by atoms with Gasteiger partial charge in [0.25, 0.3) is 0 Å². The van der Waals surface area contributed by atoms with Gasteiger partial charge in [0.05, 0.1) is 17.3 Å². The van der Waals surface area contributed by atoms with Crippen molar-refractivity contribution in [3.63, 3.8) is 0 Å². The summed E-state index contributed by atoms with van der Waals surface area (Å²) in [4.78, 5) is 14.9. The lowest BCUT2D eigenvalue weighted by atomic mass is 10.1. The molecule has 1 aliphatic heterocycles. The molecule has 0 radical (unpaired) electrons. The van der Waals surface area contributed by atoms with Crippen molar-refractivity contribution >= 4 is 16.9 Å². The molecular weight excluding hydrogens is 436 g/mol. The van der Waals surface area contributed by atoms with Crippen LogP contribution in [0, 0.1) is 0 Å². The summed E-state index contributed by atoms with van der Waals surface area (Å²) in [7, 11) is 0. The molecule has 1 unspecified atom stereocenters. The van der Waals surface area contributed by atoms with Gasteiger partial charge < -0.3 is 10.0 Å². The SMILES string of the molecule is CCCC(C)c1nc(N2CCCN(Cc3ccccc3O)CC2)c2cnn(-c3ccccc3)c2n1. The topological polar surface area (TPSA) is 70.3 Å². The fraction of sp³-hybridized carbons (Fsp3) is 0.393. The van der Waals surface area contributed by atoms with E-state index in [0.29, 0.717) is 5.75 Å². The number of para-hydroxylation sites is 2. The molecule has 0 spiro atoms. The third kappa shape index (κ3) is 5.00. The van der Waals surface area contributed by atoms with Crippen LogP contribution in [-0.4, -0.2) is 55.9 Å². The van der Waals surface area contributed by atoms with Crippen molar-refractivity contribution in [3.05, 3.63) is 72.2 Å². The first-order valence-electron chi connectivity index (χ1n) is 12.7. The number of nitrogens with zero attached hydrogens (tertiary/aromatic N) is 6. The highest BCUT2D eigenvalue weighted by Gasteiger charge is 2.23. The molecular formula is C28H34N6O. The zero-order valence-corrected chi connectivity index (χ0v) is 20.6. The Balaban J connectivity index is 1.47. The average Bonchev–Trinajstić information content (AvgIpc) is 3.17. The normalized spacial score (nSPS) is 15.9. The molecule has 4 aromatic rings. The number of anilines is 1. The molecule has 0 aliphatic carbocycles. The van der Waals surface area contributed by atoms with E-state index in [0.717, 1.165) is 85.9 Å². The Labute approximate surface area is 207 Å². The fourth-order valence-corrected chi connectivity index (χ4v) is 4.92. The van der Waals surface area contributed by atoms with Crippen molar-refractivity contribution in [2.75, 3.05) is 31.1 Å². The zero-order chi connectivity index (χ0) is 24.2. The third-order valence-electron chi connectivity index (χ3n) is 6.86. The van der Waals surface area contributed by atoms with Crippen LogP contribution in [-0.2, 0) is 6.54 Å². The Morgan fingerprint density at radius 2 is 1.74 bits per heavy atom. The highest BCUT2D eigenvalue weighted by atomic mass is 16.3. The number of fused-ring (bicyclic) bond motifs is 1. The van der Waals surface area contributed by atoms with Crippen molar-refractivity contribution in [2.45, 2.75) is 45.6 Å². The quantitative estimate of drug-likeness (QED) is 0.403. The maximum Gasteiger partial charge on any atom is 0.168 e. The van der Waals surface area contributed by atoms with Crippen LogP contribution in [0.2, 0.25) is 0 Å². The molecule has 1 N–H and O–H groups in total. The number of rotatable bonds is 7. The van der Waals surface area contributed by atoms with E-state index in [1.165, 1.54) is 0 Å². The van der Waals surface area contributed by atoms with E-state index in [1.54, 1.807) is 6.07 Å². The first-order valence-corrected chi connectivity index (χ1v) is 12.7. The monoisotopic (exact) mass is 470 g/mol. The van der Waals surface area contributed by atoms with Gasteiger partial charge >= 0.3 is 0 Å². The van der Waals surface area contributed by atoms with E-state index < -0.39 is 0 Å². The molecule has 2 aromatic heterocycles. The van der Waals surface area contributed by atoms with E-state index in [9.17, 15) is 5.11 Å². The van der Waals surface area contributed by atoms with Gasteiger partial charge in [-0.2, -0.15) is 5.10 Å². The van der Waals surface area contributed by atoms with Crippen molar-refractivity contribution in [1.29, 1.82) is 0 Å². The molecule has 1 fully saturated rings. The van der Waals surface area contributed by atoms with E-state index in [1.807, 2.05) is 47.3 Å². The number of benzene rings is 2. The average molecular weight is 471 g/mol. The maximum absolute atomic E-state index is 10.2. The maximum atomic E-state index is 10.2. The van der Waals surface area contributed by atoms with Crippen LogP contribution in [0.4, 0.5) is 5.82 Å². The number of hydrogen-bond donors (Lipinski definition) is 1. The minimum absolute atomic E-state index is 0.284. The lowest BCUT2D eigenvalue weighted by Gasteiger charge is -2.24. The first kappa shape index (κ1) is 23.3. The fourth-order valence-electron chi connectivity index (χ4n) is 4.92. The van der Waals surface area contributed by atoms with E-state index in [2.05, 4.69) is 35.8 Å². The summed E-state index contributed by atoms with van der Waals surface area (Å²) in [5.41, 5.74) is 2.85. The summed E-state index contributed by atoms with van der Waals surface area (Å²) in [6.07, 6.45) is 5.10. The van der Waals surface area contributed by atoms with Gasteiger partial charge in [0, 0.05) is 44.2 Å². The molecule has 35 heavy (non-hydrogen) atoms. The van der Waals surface area contributed by atoms with Gasteiger partial charge in [-0.25, -0.2) is 14.6 Å². The second-order valence-electron chi connectivity index (χ2n) is 9.47. The summed E-state index contributed by atoms with van der Waals surface area (Å²) in [5, 5.41) is 15.9. The predicted octanol–water partition coefficient (Wildman–Crippen LogP) is 5.14. The van der Waals surface area contributed by atoms with Gasteiger partial charge in [-0.05, 0) is 31.0 Å². The number of aromatic nitrogens is 4. The summed E-state index contributed by atoms with van der Waals surface area (Å²) < 4.78 is 1.94. The molecule has 0 bridgehead atoms. The van der Waals surface area contributed by atoms with Crippen LogP contribution in [0.15, 0.2) is 60.8 Å². The smallest absolute Gasteiger partial charge is 0.168 e. The standard InChI is InChI=1S/C28H34N6O/c1-3-10-21(2)26-30-27(24-19-29-34(28(24)31-26)23-12-5-4-6-13-23)33-16-9-15-32(17-18-33)20-22-11-7-8-14-25(22)35/h4-8,11-14,19,21,35H,3,9-10,15-18,20H2,1-2H3. The van der Waals surface area contributed by atoms with Gasteiger partial charge in [0.15, 0.2) is 5.65 Å². The summed E-state index contributed by atoms with van der Waals surface area (Å²) >= 11 is 0. The second kappa shape index (κ2) is 10.4. The Kier molecular flexibility index (Phi) is 6.95. The summed E-state index contributed by atoms with van der Waals surface area (Å²) in [6.45, 7) is 8.88. The molecule has 182 valence electrons. The summed E-state index contributed by atoms with van der Waals surface area (Å²) in [6, 6.07) is 17.8. The van der Waals surface area contributed by atoms with Crippen LogP contribution in [0.25, 0.3) is 16.7 Å². The van der Waals surface area contributed by atoms with E-state index in [-0.39, 0.29) is 5.92 Å². The Morgan fingerprint density at radius 3 is 2.54 bits per heavy atom. The predicted molar refractivity (Wildman–Crippen MR) is 140 cm³/mol. The summed E-state index contributed by atoms with van der Waals surface area (Å²) in [5.74, 6) is 2.53. The lowest BCUT2D eigenvalue weighted by Crippen LogP contribution is -2.31. The third-order valence-corrected chi connectivity index (χ3v) is 6.86. The largest absolute Gasteiger partial charge is 0.508 e. The minimum atomic E-state index is 0.284. The van der Waals surface area contributed by atoms with Crippen molar-refractivity contribution in [3.8, 4) is 11.4 Å². The van der Waals surface area contributed by atoms with Gasteiger partial charge in [0.1, 0.15) is 17.4 Å². The molecule has 0 saturated carbocycles. The number of phenols is 1. The second-order valence-corrected chi connectivity index (χ2v) is 9.47. The molecule has 7 heteroatoms. The Hall–Kier alpha value is -3.45. The van der Waals surface area contributed by atoms with Crippen molar-refractivity contribution in [1.82, 2.24) is 24.6 Å². The number of phenolic OH excluding ortho intramolecular Hbond substituents is 1. The number of hydrogen-bond acceptors (Lipinski definition) is 6. The first-order chi connectivity index (χ1) is 17.1. The zero-order valence-electron chi connectivity index (χ0n) is 20.6. The van der Waals surface area contributed by atoms with E-state index >= 15 is 0 Å². The van der Waals surface area contributed by atoms with Crippen molar-refractivity contribution < 1.29 is 5.11 Å².